The van der Waals surface area contributed by atoms with E-state index >= 15 is 0 Å². The highest BCUT2D eigenvalue weighted by atomic mass is 35.5. The zero-order valence-corrected chi connectivity index (χ0v) is 22.1. The van der Waals surface area contributed by atoms with Crippen molar-refractivity contribution in [2.24, 2.45) is 0 Å². The van der Waals surface area contributed by atoms with Crippen molar-refractivity contribution in [1.82, 2.24) is 14.2 Å². The third-order valence-electron chi connectivity index (χ3n) is 5.81. The number of likely N-dealkylation sites (tertiary alicyclic amines) is 1. The zero-order chi connectivity index (χ0) is 24.2. The Hall–Kier alpha value is -1.90. The zero-order valence-electron chi connectivity index (χ0n) is 19.0. The van der Waals surface area contributed by atoms with Gasteiger partial charge in [0.2, 0.25) is 5.91 Å². The fraction of sp³-hybridized carbons (Fsp3) is 0.320. The summed E-state index contributed by atoms with van der Waals surface area (Å²) < 4.78 is 2.68. The highest BCUT2D eigenvalue weighted by molar-refractivity contribution is 7.99. The van der Waals surface area contributed by atoms with Crippen molar-refractivity contribution in [1.29, 1.82) is 0 Å². The number of carbonyl (C=O) groups is 2. The number of amides is 1. The fourth-order valence-corrected chi connectivity index (χ4v) is 6.24. The summed E-state index contributed by atoms with van der Waals surface area (Å²) in [4.78, 5) is 31.3. The number of rotatable bonds is 7. The smallest absolute Gasteiger partial charge is 0.229 e. The first-order valence-electron chi connectivity index (χ1n) is 11.0. The minimum atomic E-state index is 0.0277. The van der Waals surface area contributed by atoms with Crippen LogP contribution in [0.15, 0.2) is 52.2 Å². The van der Waals surface area contributed by atoms with Crippen LogP contribution in [0, 0.1) is 0 Å². The van der Waals surface area contributed by atoms with Gasteiger partial charge < -0.3 is 0 Å². The lowest BCUT2D eigenvalue weighted by atomic mass is 10.0. The monoisotopic (exact) mass is 533 g/mol. The van der Waals surface area contributed by atoms with Crippen molar-refractivity contribution in [3.05, 3.63) is 69.0 Å². The van der Waals surface area contributed by atoms with Gasteiger partial charge in [0.15, 0.2) is 10.1 Å². The predicted octanol–water partition coefficient (Wildman–Crippen LogP) is 6.84. The van der Waals surface area contributed by atoms with Gasteiger partial charge in [0.25, 0.3) is 0 Å². The molecule has 0 bridgehead atoms. The largest absolute Gasteiger partial charge is 0.299 e. The van der Waals surface area contributed by atoms with Crippen LogP contribution in [0.4, 0.5) is 0 Å². The Labute approximate surface area is 218 Å². The molecule has 0 radical (unpaired) electrons. The Morgan fingerprint density at radius 1 is 1.12 bits per heavy atom. The predicted molar refractivity (Wildman–Crippen MR) is 141 cm³/mol. The van der Waals surface area contributed by atoms with E-state index in [1.165, 1.54) is 23.3 Å². The van der Waals surface area contributed by atoms with Gasteiger partial charge in [-0.05, 0) is 43.5 Å². The van der Waals surface area contributed by atoms with E-state index < -0.39 is 0 Å². The van der Waals surface area contributed by atoms with E-state index in [1.54, 1.807) is 19.9 Å². The molecule has 1 aliphatic rings. The van der Waals surface area contributed by atoms with Gasteiger partial charge in [-0.3, -0.25) is 18.8 Å². The quantitative estimate of drug-likeness (QED) is 0.245. The van der Waals surface area contributed by atoms with Crippen LogP contribution < -0.4 is 0 Å². The van der Waals surface area contributed by atoms with Crippen LogP contribution in [-0.2, 0) is 11.3 Å². The van der Waals surface area contributed by atoms with Crippen LogP contribution in [0.25, 0.3) is 11.3 Å². The van der Waals surface area contributed by atoms with Crippen molar-refractivity contribution in [2.45, 2.75) is 43.6 Å². The number of aromatic nitrogens is 1. The van der Waals surface area contributed by atoms with Gasteiger partial charge in [-0.1, -0.05) is 47.5 Å². The Morgan fingerprint density at radius 2 is 1.88 bits per heavy atom. The maximum Gasteiger partial charge on any atom is 0.229 e. The molecule has 3 aromatic rings. The molecule has 0 saturated carbocycles. The van der Waals surface area contributed by atoms with E-state index in [-0.39, 0.29) is 17.7 Å². The first-order chi connectivity index (χ1) is 16.3. The van der Waals surface area contributed by atoms with E-state index in [0.717, 1.165) is 53.6 Å². The normalized spacial score (nSPS) is 14.8. The molecule has 2 aromatic carbocycles. The number of halogens is 2. The second-order valence-electron chi connectivity index (χ2n) is 8.33. The molecule has 4 rings (SSSR count). The fourth-order valence-electron chi connectivity index (χ4n) is 4.02. The topological polar surface area (TPSA) is 53.5 Å². The minimum absolute atomic E-state index is 0.0277. The van der Waals surface area contributed by atoms with Gasteiger partial charge in [0, 0.05) is 61.1 Å². The number of thiazole rings is 1. The van der Waals surface area contributed by atoms with Crippen LogP contribution >= 0.6 is 46.5 Å². The van der Waals surface area contributed by atoms with E-state index in [2.05, 4.69) is 4.90 Å². The van der Waals surface area contributed by atoms with E-state index in [0.29, 0.717) is 15.6 Å². The van der Waals surface area contributed by atoms with Gasteiger partial charge in [0.05, 0.1) is 15.7 Å². The second kappa shape index (κ2) is 11.2. The van der Waals surface area contributed by atoms with E-state index in [4.69, 9.17) is 28.2 Å². The molecular formula is C25H25Cl2N3O2S2. The Balaban J connectivity index is 1.38. The number of benzene rings is 2. The molecule has 1 fully saturated rings. The van der Waals surface area contributed by atoms with Crippen molar-refractivity contribution in [3.8, 4) is 11.3 Å². The van der Waals surface area contributed by atoms with Crippen LogP contribution in [0.3, 0.4) is 0 Å². The van der Waals surface area contributed by atoms with Gasteiger partial charge in [-0.25, -0.2) is 4.98 Å². The average molecular weight is 535 g/mol. The number of nitrogens with zero attached hydrogens (tertiary/aromatic N) is 3. The van der Waals surface area contributed by atoms with Crippen molar-refractivity contribution < 1.29 is 9.59 Å². The minimum Gasteiger partial charge on any atom is -0.299 e. The van der Waals surface area contributed by atoms with Crippen molar-refractivity contribution >= 4 is 58.2 Å². The highest BCUT2D eigenvalue weighted by Crippen LogP contribution is 2.34. The Kier molecular flexibility index (Phi) is 8.32. The number of Topliss-reactive ketones (excluding diaryl/α,β-unsaturated/α-hetero) is 1. The van der Waals surface area contributed by atoms with Crippen LogP contribution in [0.5, 0.6) is 0 Å². The molecule has 1 aliphatic heterocycles. The SMILES string of the molecule is CC(=O)c1cccc(-c2csc(SN(C(C)=O)C3CCN(Cc4ccc(Cl)c(Cl)c4)CC3)n2)c1. The summed E-state index contributed by atoms with van der Waals surface area (Å²) in [7, 11) is 0. The molecule has 0 atom stereocenters. The number of hydrogen-bond acceptors (Lipinski definition) is 6. The number of hydrogen-bond donors (Lipinski definition) is 0. The van der Waals surface area contributed by atoms with E-state index in [1.807, 2.05) is 46.1 Å². The summed E-state index contributed by atoms with van der Waals surface area (Å²) in [5, 5.41) is 3.11. The molecule has 0 unspecified atom stereocenters. The summed E-state index contributed by atoms with van der Waals surface area (Å²) >= 11 is 15.1. The number of piperidine rings is 1. The van der Waals surface area contributed by atoms with Crippen LogP contribution in [-0.4, -0.2) is 45.0 Å². The Bertz CT molecular complexity index is 1190. The molecule has 1 saturated heterocycles. The Morgan fingerprint density at radius 3 is 2.56 bits per heavy atom. The van der Waals surface area contributed by atoms with E-state index in [9.17, 15) is 9.59 Å². The molecule has 0 aliphatic carbocycles. The lowest BCUT2D eigenvalue weighted by Gasteiger charge is -2.37. The number of ketones is 1. The van der Waals surface area contributed by atoms with Crippen LogP contribution in [0.2, 0.25) is 10.0 Å². The second-order valence-corrected chi connectivity index (χ2v) is 11.2. The molecule has 5 nitrogen and oxygen atoms in total. The molecule has 9 heteroatoms. The first kappa shape index (κ1) is 25.2. The van der Waals surface area contributed by atoms with Crippen molar-refractivity contribution in [2.75, 3.05) is 13.1 Å². The van der Waals surface area contributed by atoms with Crippen LogP contribution in [0.1, 0.15) is 42.6 Å². The van der Waals surface area contributed by atoms with Gasteiger partial charge in [-0.2, -0.15) is 0 Å². The van der Waals surface area contributed by atoms with Crippen molar-refractivity contribution in [3.63, 3.8) is 0 Å². The maximum atomic E-state index is 12.5. The lowest BCUT2D eigenvalue weighted by Crippen LogP contribution is -2.43. The molecule has 0 N–H and O–H groups in total. The van der Waals surface area contributed by atoms with Gasteiger partial charge in [0.1, 0.15) is 0 Å². The summed E-state index contributed by atoms with van der Waals surface area (Å²) in [6.45, 7) is 5.78. The number of carbonyl (C=O) groups excluding carboxylic acids is 2. The van der Waals surface area contributed by atoms with Gasteiger partial charge >= 0.3 is 0 Å². The first-order valence-corrected chi connectivity index (χ1v) is 13.4. The molecule has 0 spiro atoms. The standard InChI is InChI=1S/C25H25Cl2N3O2S2/c1-16(31)19-4-3-5-20(13-19)24-15-33-25(28-24)34-30(17(2)32)21-8-10-29(11-9-21)14-18-6-7-22(26)23(27)12-18/h3-7,12-13,15,21H,8-11,14H2,1-2H3. The molecule has 1 aromatic heterocycles. The molecule has 34 heavy (non-hydrogen) atoms. The third kappa shape index (κ3) is 6.20. The van der Waals surface area contributed by atoms with Gasteiger partial charge in [-0.15, -0.1) is 11.3 Å². The molecular weight excluding hydrogens is 509 g/mol. The molecule has 2 heterocycles. The average Bonchev–Trinajstić information content (AvgIpc) is 3.29. The summed E-state index contributed by atoms with van der Waals surface area (Å²) in [6.07, 6.45) is 1.79. The molecule has 178 valence electrons. The maximum absolute atomic E-state index is 12.5. The lowest BCUT2D eigenvalue weighted by molar-refractivity contribution is -0.125. The third-order valence-corrected chi connectivity index (χ3v) is 8.70. The highest BCUT2D eigenvalue weighted by Gasteiger charge is 2.28. The molecule has 1 amide bonds. The summed E-state index contributed by atoms with van der Waals surface area (Å²) in [5.74, 6) is 0.0585. The summed E-state index contributed by atoms with van der Waals surface area (Å²) in [5.41, 5.74) is 3.52. The summed E-state index contributed by atoms with van der Waals surface area (Å²) in [6, 6.07) is 13.4.